The summed E-state index contributed by atoms with van der Waals surface area (Å²) in [5.74, 6) is 1.65. The molecule has 0 atom stereocenters. The number of benzene rings is 2. The number of hydrogen-bond acceptors (Lipinski definition) is 6. The van der Waals surface area contributed by atoms with Crippen LogP contribution in [0.1, 0.15) is 18.9 Å². The lowest BCUT2D eigenvalue weighted by Crippen LogP contribution is -2.12. The van der Waals surface area contributed by atoms with Crippen LogP contribution in [0.25, 0.3) is 11.5 Å². The van der Waals surface area contributed by atoms with Gasteiger partial charge in [0.15, 0.2) is 0 Å². The van der Waals surface area contributed by atoms with Crippen molar-refractivity contribution in [2.45, 2.75) is 25.2 Å². The Morgan fingerprint density at radius 1 is 1.11 bits per heavy atom. The topological polar surface area (TPSA) is 77.3 Å². The van der Waals surface area contributed by atoms with Crippen molar-refractivity contribution in [3.8, 4) is 17.2 Å². The number of amides is 1. The number of aryl methyl sites for hydroxylation is 1. The molecule has 2 aromatic carbocycles. The fraction of sp³-hybridized carbons (Fsp3) is 0.250. The van der Waals surface area contributed by atoms with Crippen LogP contribution in [0.2, 0.25) is 0 Å². The van der Waals surface area contributed by atoms with E-state index in [0.29, 0.717) is 24.7 Å². The first-order valence-corrected chi connectivity index (χ1v) is 9.68. The van der Waals surface area contributed by atoms with E-state index in [1.54, 1.807) is 11.8 Å². The maximum Gasteiger partial charge on any atom is 0.322 e. The number of carbonyl (C=O) groups is 1. The van der Waals surface area contributed by atoms with E-state index in [4.69, 9.17) is 9.15 Å². The van der Waals surface area contributed by atoms with Gasteiger partial charge in [0.25, 0.3) is 0 Å². The van der Waals surface area contributed by atoms with Crippen molar-refractivity contribution in [2.24, 2.45) is 0 Å². The number of nitrogens with zero attached hydrogens (tertiary/aromatic N) is 2. The largest absolute Gasteiger partial charge is 0.494 e. The Bertz CT molecular complexity index is 876. The molecule has 3 rings (SSSR count). The lowest BCUT2D eigenvalue weighted by Gasteiger charge is -2.03. The number of ether oxygens (including phenoxy) is 1. The van der Waals surface area contributed by atoms with Gasteiger partial charge >= 0.3 is 6.01 Å². The normalized spacial score (nSPS) is 10.6. The second kappa shape index (κ2) is 9.23. The summed E-state index contributed by atoms with van der Waals surface area (Å²) in [7, 11) is 0. The van der Waals surface area contributed by atoms with Gasteiger partial charge in [-0.1, -0.05) is 22.8 Å². The molecule has 140 valence electrons. The molecule has 0 spiro atoms. The molecule has 1 amide bonds. The van der Waals surface area contributed by atoms with Crippen molar-refractivity contribution in [1.82, 2.24) is 10.2 Å². The second-order valence-electron chi connectivity index (χ2n) is 5.83. The zero-order valence-electron chi connectivity index (χ0n) is 15.3. The molecule has 0 bridgehead atoms. The highest BCUT2D eigenvalue weighted by molar-refractivity contribution is 7.99. The van der Waals surface area contributed by atoms with Gasteiger partial charge in [0.05, 0.1) is 6.61 Å². The quantitative estimate of drug-likeness (QED) is 0.575. The summed E-state index contributed by atoms with van der Waals surface area (Å²) in [6.45, 7) is 4.59. The first-order chi connectivity index (χ1) is 13.1. The fourth-order valence-corrected chi connectivity index (χ4v) is 3.18. The molecule has 0 radical (unpaired) electrons. The van der Waals surface area contributed by atoms with Gasteiger partial charge in [-0.2, -0.15) is 0 Å². The molecular formula is C20H21N3O3S. The van der Waals surface area contributed by atoms with E-state index in [1.165, 1.54) is 5.56 Å². The molecular weight excluding hydrogens is 362 g/mol. The van der Waals surface area contributed by atoms with Crippen LogP contribution in [-0.4, -0.2) is 28.5 Å². The van der Waals surface area contributed by atoms with Gasteiger partial charge in [-0.15, -0.1) is 16.9 Å². The van der Waals surface area contributed by atoms with Crippen LogP contribution in [0.4, 0.5) is 6.01 Å². The van der Waals surface area contributed by atoms with E-state index in [-0.39, 0.29) is 11.9 Å². The lowest BCUT2D eigenvalue weighted by molar-refractivity contribution is -0.115. The fourth-order valence-electron chi connectivity index (χ4n) is 2.33. The third-order valence-corrected chi connectivity index (χ3v) is 4.72. The summed E-state index contributed by atoms with van der Waals surface area (Å²) < 4.78 is 10.9. The molecule has 3 aromatic rings. The van der Waals surface area contributed by atoms with E-state index >= 15 is 0 Å². The number of nitrogens with one attached hydrogen (secondary N) is 1. The Kier molecular flexibility index (Phi) is 6.49. The molecule has 0 unspecified atom stereocenters. The molecule has 6 nitrogen and oxygen atoms in total. The molecule has 0 saturated carbocycles. The molecule has 0 aliphatic heterocycles. The third-order valence-electron chi connectivity index (χ3n) is 3.70. The molecule has 1 aromatic heterocycles. The summed E-state index contributed by atoms with van der Waals surface area (Å²) in [5.41, 5.74) is 1.98. The minimum Gasteiger partial charge on any atom is -0.494 e. The van der Waals surface area contributed by atoms with Crippen molar-refractivity contribution in [2.75, 3.05) is 17.7 Å². The summed E-state index contributed by atoms with van der Waals surface area (Å²) in [5, 5.41) is 10.5. The SMILES string of the molecule is CCOc1ccc(-c2nnc(NC(=O)CCSc3ccc(C)cc3)o2)cc1. The molecule has 0 aliphatic carbocycles. The van der Waals surface area contributed by atoms with Crippen LogP contribution >= 0.6 is 11.8 Å². The molecule has 1 N–H and O–H groups in total. The van der Waals surface area contributed by atoms with E-state index < -0.39 is 0 Å². The van der Waals surface area contributed by atoms with Gasteiger partial charge in [0.2, 0.25) is 11.8 Å². The summed E-state index contributed by atoms with van der Waals surface area (Å²) >= 11 is 1.64. The number of carbonyl (C=O) groups excluding carboxylic acids is 1. The van der Waals surface area contributed by atoms with Gasteiger partial charge in [-0.25, -0.2) is 0 Å². The van der Waals surface area contributed by atoms with Crippen LogP contribution < -0.4 is 10.1 Å². The van der Waals surface area contributed by atoms with Crippen molar-refractivity contribution >= 4 is 23.7 Å². The molecule has 7 heteroatoms. The standard InChI is InChI=1S/C20H21N3O3S/c1-3-25-16-8-6-15(7-9-16)19-22-23-20(26-19)21-18(24)12-13-27-17-10-4-14(2)5-11-17/h4-11H,3,12-13H2,1-2H3,(H,21,23,24). The molecule has 0 aliphatic rings. The smallest absolute Gasteiger partial charge is 0.322 e. The zero-order chi connectivity index (χ0) is 19.1. The molecule has 1 heterocycles. The molecule has 0 saturated heterocycles. The highest BCUT2D eigenvalue weighted by Gasteiger charge is 2.11. The molecule has 27 heavy (non-hydrogen) atoms. The van der Waals surface area contributed by atoms with Crippen LogP contribution in [0.15, 0.2) is 57.8 Å². The van der Waals surface area contributed by atoms with Crippen LogP contribution in [0, 0.1) is 6.92 Å². The Balaban J connectivity index is 1.49. The Labute approximate surface area is 162 Å². The van der Waals surface area contributed by atoms with Gasteiger partial charge in [0.1, 0.15) is 5.75 Å². The first kappa shape index (κ1) is 19.0. The zero-order valence-corrected chi connectivity index (χ0v) is 16.1. The van der Waals surface area contributed by atoms with Crippen LogP contribution in [-0.2, 0) is 4.79 Å². The van der Waals surface area contributed by atoms with E-state index in [1.807, 2.05) is 38.1 Å². The predicted molar refractivity (Wildman–Crippen MR) is 106 cm³/mol. The number of rotatable bonds is 8. The molecule has 0 fully saturated rings. The predicted octanol–water partition coefficient (Wildman–Crippen LogP) is 4.56. The van der Waals surface area contributed by atoms with Crippen LogP contribution in [0.5, 0.6) is 5.75 Å². The maximum atomic E-state index is 12.1. The van der Waals surface area contributed by atoms with Gasteiger partial charge in [-0.3, -0.25) is 10.1 Å². The Morgan fingerprint density at radius 3 is 2.56 bits per heavy atom. The summed E-state index contributed by atoms with van der Waals surface area (Å²) in [4.78, 5) is 13.2. The van der Waals surface area contributed by atoms with Crippen molar-refractivity contribution in [1.29, 1.82) is 0 Å². The van der Waals surface area contributed by atoms with Gasteiger partial charge in [0, 0.05) is 22.6 Å². The van der Waals surface area contributed by atoms with Gasteiger partial charge < -0.3 is 9.15 Å². The summed E-state index contributed by atoms with van der Waals surface area (Å²) in [6, 6.07) is 15.7. The van der Waals surface area contributed by atoms with E-state index in [2.05, 4.69) is 39.8 Å². The van der Waals surface area contributed by atoms with Crippen LogP contribution in [0.3, 0.4) is 0 Å². The average molecular weight is 383 g/mol. The Morgan fingerprint density at radius 2 is 1.85 bits per heavy atom. The summed E-state index contributed by atoms with van der Waals surface area (Å²) in [6.07, 6.45) is 0.360. The minimum absolute atomic E-state index is 0.101. The van der Waals surface area contributed by atoms with E-state index in [0.717, 1.165) is 16.2 Å². The number of thioether (sulfide) groups is 1. The van der Waals surface area contributed by atoms with Crippen molar-refractivity contribution in [3.05, 3.63) is 54.1 Å². The van der Waals surface area contributed by atoms with Gasteiger partial charge in [-0.05, 0) is 50.2 Å². The van der Waals surface area contributed by atoms with E-state index in [9.17, 15) is 4.79 Å². The Hall–Kier alpha value is -2.80. The number of hydrogen-bond donors (Lipinski definition) is 1. The maximum absolute atomic E-state index is 12.1. The lowest BCUT2D eigenvalue weighted by atomic mass is 10.2. The second-order valence-corrected chi connectivity index (χ2v) is 7.00. The number of aromatic nitrogens is 2. The highest BCUT2D eigenvalue weighted by atomic mass is 32.2. The third kappa shape index (κ3) is 5.59. The highest BCUT2D eigenvalue weighted by Crippen LogP contribution is 2.23. The van der Waals surface area contributed by atoms with Crippen molar-refractivity contribution < 1.29 is 13.9 Å². The minimum atomic E-state index is -0.156. The number of anilines is 1. The average Bonchev–Trinajstić information content (AvgIpc) is 3.13. The van der Waals surface area contributed by atoms with Crippen molar-refractivity contribution in [3.63, 3.8) is 0 Å². The first-order valence-electron chi connectivity index (χ1n) is 8.70. The monoisotopic (exact) mass is 383 g/mol.